The molecule has 0 aliphatic heterocycles. The number of para-hydroxylation sites is 1. The van der Waals surface area contributed by atoms with E-state index in [4.69, 9.17) is 5.73 Å². The lowest BCUT2D eigenvalue weighted by atomic mass is 9.96. The zero-order chi connectivity index (χ0) is 30.8. The van der Waals surface area contributed by atoms with Crippen LogP contribution in [0.1, 0.15) is 44.4 Å². The van der Waals surface area contributed by atoms with Crippen LogP contribution in [0.4, 0.5) is 0 Å². The third-order valence-corrected chi connectivity index (χ3v) is 7.12. The van der Waals surface area contributed by atoms with Gasteiger partial charge in [0.1, 0.15) is 18.1 Å². The van der Waals surface area contributed by atoms with Gasteiger partial charge in [0.25, 0.3) is 0 Å². The van der Waals surface area contributed by atoms with E-state index in [9.17, 15) is 34.2 Å². The van der Waals surface area contributed by atoms with Crippen LogP contribution in [0.3, 0.4) is 0 Å². The minimum Gasteiger partial charge on any atom is -0.481 e. The summed E-state index contributed by atoms with van der Waals surface area (Å²) in [6, 6.07) is 2.56. The number of carboxylic acids is 2. The van der Waals surface area contributed by atoms with Crippen molar-refractivity contribution in [3.8, 4) is 0 Å². The number of aromatic amines is 2. The summed E-state index contributed by atoms with van der Waals surface area (Å²) in [4.78, 5) is 72.6. The summed E-state index contributed by atoms with van der Waals surface area (Å²) in [5, 5.41) is 27.5. The monoisotopic (exact) mass is 583 g/mol. The highest BCUT2D eigenvalue weighted by Gasteiger charge is 2.33. The number of benzene rings is 1. The molecule has 3 aromatic rings. The maximum absolute atomic E-state index is 13.4. The molecule has 3 amide bonds. The average Bonchev–Trinajstić information content (AvgIpc) is 3.62. The van der Waals surface area contributed by atoms with Crippen molar-refractivity contribution in [3.63, 3.8) is 0 Å². The fraction of sp³-hybridized carbons (Fsp3) is 0.429. The second-order valence-electron chi connectivity index (χ2n) is 10.2. The molecule has 0 saturated carbocycles. The van der Waals surface area contributed by atoms with Crippen molar-refractivity contribution in [1.29, 1.82) is 0 Å². The normalized spacial score (nSPS) is 14.7. The van der Waals surface area contributed by atoms with Crippen molar-refractivity contribution in [3.05, 3.63) is 54.2 Å². The van der Waals surface area contributed by atoms with Crippen molar-refractivity contribution >= 4 is 40.6 Å². The molecule has 0 bridgehead atoms. The molecular formula is C28H37N7O7. The number of H-pyrrole nitrogens is 2. The number of carboxylic acid groups (broad SMARTS) is 2. The van der Waals surface area contributed by atoms with Gasteiger partial charge in [0.15, 0.2) is 0 Å². The smallest absolute Gasteiger partial charge is 0.326 e. The number of aromatic nitrogens is 3. The molecular weight excluding hydrogens is 546 g/mol. The summed E-state index contributed by atoms with van der Waals surface area (Å²) in [6.07, 6.45) is 4.49. The Morgan fingerprint density at radius 1 is 0.952 bits per heavy atom. The summed E-state index contributed by atoms with van der Waals surface area (Å²) in [5.74, 6) is -5.05. The fourth-order valence-electron chi connectivity index (χ4n) is 4.48. The number of nitrogens with zero attached hydrogens (tertiary/aromatic N) is 1. The number of amides is 3. The zero-order valence-corrected chi connectivity index (χ0v) is 23.4. The Hall–Kier alpha value is -4.72. The SMILES string of the molecule is CCC(C)C(NC(=O)C(CCC(=O)O)NC(=O)C(N)Cc1cnc[nH]1)C(=O)NC(Cc1c[nH]c2ccccc12)C(=O)O. The number of fused-ring (bicyclic) bond motifs is 1. The molecule has 9 N–H and O–H groups in total. The standard InChI is InChI=1S/C28H37N7O7/c1-3-15(2)24(27(40)34-22(28(41)42)10-16-12-31-20-7-5-4-6-18(16)20)35-26(39)21(8-9-23(36)37)33-25(38)19(29)11-17-13-30-14-32-17/h4-7,12-15,19,21-22,24,31H,3,8-11,29H2,1-2H3,(H,30,32)(H,33,38)(H,34,40)(H,35,39)(H,36,37)(H,41,42). The Balaban J connectivity index is 1.73. The highest BCUT2D eigenvalue weighted by atomic mass is 16.4. The Morgan fingerprint density at radius 3 is 2.31 bits per heavy atom. The Kier molecular flexibility index (Phi) is 11.2. The van der Waals surface area contributed by atoms with Crippen molar-refractivity contribution in [1.82, 2.24) is 30.9 Å². The molecule has 2 aromatic heterocycles. The van der Waals surface area contributed by atoms with Crippen molar-refractivity contribution in [2.45, 2.75) is 70.1 Å². The van der Waals surface area contributed by atoms with Crippen LogP contribution in [0.2, 0.25) is 0 Å². The fourth-order valence-corrected chi connectivity index (χ4v) is 4.48. The number of aliphatic carboxylic acids is 2. The summed E-state index contributed by atoms with van der Waals surface area (Å²) >= 11 is 0. The molecule has 5 unspecified atom stereocenters. The molecule has 0 aliphatic carbocycles. The Morgan fingerprint density at radius 2 is 1.67 bits per heavy atom. The van der Waals surface area contributed by atoms with Gasteiger partial charge in [-0.05, 0) is 24.0 Å². The number of imidazole rings is 1. The molecule has 14 heteroatoms. The highest BCUT2D eigenvalue weighted by molar-refractivity contribution is 5.94. The van der Waals surface area contributed by atoms with Crippen LogP contribution in [0.15, 0.2) is 43.0 Å². The summed E-state index contributed by atoms with van der Waals surface area (Å²) in [5.41, 5.74) is 8.10. The van der Waals surface area contributed by atoms with Crippen molar-refractivity contribution in [2.75, 3.05) is 0 Å². The average molecular weight is 584 g/mol. The van der Waals surface area contributed by atoms with Gasteiger partial charge in [-0.15, -0.1) is 0 Å². The van der Waals surface area contributed by atoms with E-state index < -0.39 is 66.2 Å². The molecule has 0 radical (unpaired) electrons. The van der Waals surface area contributed by atoms with Crippen LogP contribution in [-0.2, 0) is 36.8 Å². The zero-order valence-electron chi connectivity index (χ0n) is 23.4. The largest absolute Gasteiger partial charge is 0.481 e. The minimum absolute atomic E-state index is 0.00221. The molecule has 14 nitrogen and oxygen atoms in total. The first kappa shape index (κ1) is 31.8. The van der Waals surface area contributed by atoms with E-state index >= 15 is 0 Å². The molecule has 42 heavy (non-hydrogen) atoms. The summed E-state index contributed by atoms with van der Waals surface area (Å²) in [6.45, 7) is 3.51. The van der Waals surface area contributed by atoms with E-state index in [1.807, 2.05) is 24.3 Å². The van der Waals surface area contributed by atoms with Crippen LogP contribution < -0.4 is 21.7 Å². The molecule has 0 saturated heterocycles. The topological polar surface area (TPSA) is 232 Å². The van der Waals surface area contributed by atoms with Gasteiger partial charge in [-0.3, -0.25) is 19.2 Å². The maximum Gasteiger partial charge on any atom is 0.326 e. The molecule has 226 valence electrons. The van der Waals surface area contributed by atoms with E-state index in [1.54, 1.807) is 20.0 Å². The van der Waals surface area contributed by atoms with Crippen molar-refractivity contribution < 1.29 is 34.2 Å². The van der Waals surface area contributed by atoms with Gasteiger partial charge in [0, 0.05) is 48.3 Å². The van der Waals surface area contributed by atoms with Crippen LogP contribution in [0.25, 0.3) is 10.9 Å². The lowest BCUT2D eigenvalue weighted by Gasteiger charge is -2.28. The number of carbonyl (C=O) groups excluding carboxylic acids is 3. The number of nitrogens with two attached hydrogens (primary N) is 1. The van der Waals surface area contributed by atoms with Gasteiger partial charge in [0.05, 0.1) is 12.4 Å². The van der Waals surface area contributed by atoms with Gasteiger partial charge < -0.3 is 41.9 Å². The van der Waals surface area contributed by atoms with Crippen molar-refractivity contribution in [2.24, 2.45) is 11.7 Å². The van der Waals surface area contributed by atoms with Crippen LogP contribution in [0, 0.1) is 5.92 Å². The number of nitrogens with one attached hydrogen (secondary N) is 5. The molecule has 5 atom stereocenters. The molecule has 0 aliphatic rings. The Bertz CT molecular complexity index is 1390. The van der Waals surface area contributed by atoms with E-state index in [0.717, 1.165) is 10.9 Å². The third-order valence-electron chi connectivity index (χ3n) is 7.12. The predicted octanol–water partition coefficient (Wildman–Crippen LogP) is 0.453. The van der Waals surface area contributed by atoms with E-state index in [2.05, 4.69) is 30.9 Å². The van der Waals surface area contributed by atoms with E-state index in [-0.39, 0.29) is 19.3 Å². The number of rotatable bonds is 16. The first-order valence-electron chi connectivity index (χ1n) is 13.6. The molecule has 0 spiro atoms. The van der Waals surface area contributed by atoms with Gasteiger partial charge in [0.2, 0.25) is 17.7 Å². The lowest BCUT2D eigenvalue weighted by molar-refractivity contribution is -0.142. The summed E-state index contributed by atoms with van der Waals surface area (Å²) in [7, 11) is 0. The van der Waals surface area contributed by atoms with Crippen LogP contribution in [0.5, 0.6) is 0 Å². The number of hydrogen-bond acceptors (Lipinski definition) is 7. The second-order valence-corrected chi connectivity index (χ2v) is 10.2. The first-order valence-corrected chi connectivity index (χ1v) is 13.6. The van der Waals surface area contributed by atoms with Gasteiger partial charge >= 0.3 is 11.9 Å². The quantitative estimate of drug-likeness (QED) is 0.117. The molecule has 2 heterocycles. The van der Waals surface area contributed by atoms with Gasteiger partial charge in [-0.1, -0.05) is 38.5 Å². The lowest BCUT2D eigenvalue weighted by Crippen LogP contribution is -2.59. The van der Waals surface area contributed by atoms with E-state index in [1.165, 1.54) is 12.5 Å². The minimum atomic E-state index is -1.30. The van der Waals surface area contributed by atoms with Gasteiger partial charge in [-0.25, -0.2) is 9.78 Å². The summed E-state index contributed by atoms with van der Waals surface area (Å²) < 4.78 is 0. The van der Waals surface area contributed by atoms with Gasteiger partial charge in [-0.2, -0.15) is 0 Å². The number of carbonyl (C=O) groups is 5. The molecule has 3 rings (SSSR count). The molecule has 0 fully saturated rings. The number of hydrogen-bond donors (Lipinski definition) is 8. The molecule has 1 aromatic carbocycles. The second kappa shape index (κ2) is 14.8. The van der Waals surface area contributed by atoms with E-state index in [0.29, 0.717) is 17.7 Å². The Labute approximate surface area is 241 Å². The third kappa shape index (κ3) is 8.64. The van der Waals surface area contributed by atoms with Crippen LogP contribution in [-0.4, -0.2) is 79.0 Å². The maximum atomic E-state index is 13.4. The first-order chi connectivity index (χ1) is 20.0. The highest BCUT2D eigenvalue weighted by Crippen LogP contribution is 2.19. The predicted molar refractivity (Wildman–Crippen MR) is 152 cm³/mol. The van der Waals surface area contributed by atoms with Crippen LogP contribution >= 0.6 is 0 Å².